The maximum absolute atomic E-state index is 7.58. The number of fused-ring (bicyclic) bond motifs is 2. The first-order valence-electron chi connectivity index (χ1n) is 30.6. The molecule has 0 unspecified atom stereocenters. The Morgan fingerprint density at radius 2 is 1.19 bits per heavy atom. The fourth-order valence-corrected chi connectivity index (χ4v) is 21.0. The predicted octanol–water partition coefficient (Wildman–Crippen LogP) is 15.9. The van der Waals surface area contributed by atoms with Crippen molar-refractivity contribution in [2.24, 2.45) is 5.92 Å². The van der Waals surface area contributed by atoms with Crippen molar-refractivity contribution < 1.29 is 41.4 Å². The molecule has 0 radical (unpaired) electrons. The molecule has 2 aromatic carbocycles. The van der Waals surface area contributed by atoms with E-state index in [9.17, 15) is 0 Å². The maximum Gasteiger partial charge on any atom is 0.261 e. The fourth-order valence-electron chi connectivity index (χ4n) is 12.3. The average molecular weight is 1160 g/mol. The van der Waals surface area contributed by atoms with Gasteiger partial charge in [0, 0.05) is 26.1 Å². The van der Waals surface area contributed by atoms with Crippen LogP contribution in [0.15, 0.2) is 86.0 Å². The quantitative estimate of drug-likeness (QED) is 0.0731. The van der Waals surface area contributed by atoms with Gasteiger partial charge >= 0.3 is 0 Å². The number of hydrogen-bond acceptors (Lipinski definition) is 9. The van der Waals surface area contributed by atoms with Gasteiger partial charge in [-0.2, -0.15) is 0 Å². The van der Waals surface area contributed by atoms with Gasteiger partial charge in [0.1, 0.15) is 17.8 Å². The van der Waals surface area contributed by atoms with Crippen LogP contribution < -0.4 is 10.4 Å². The summed E-state index contributed by atoms with van der Waals surface area (Å²) in [4.78, 5) is 0. The summed E-state index contributed by atoms with van der Waals surface area (Å²) in [5.41, 5.74) is -2.01. The lowest BCUT2D eigenvalue weighted by atomic mass is 9.79. The Balaban J connectivity index is 1.25. The van der Waals surface area contributed by atoms with Crippen molar-refractivity contribution in [1.82, 2.24) is 0 Å². The molecule has 0 aliphatic carbocycles. The summed E-state index contributed by atoms with van der Waals surface area (Å²) in [5.74, 6) is 0.267. The van der Waals surface area contributed by atoms with Crippen molar-refractivity contribution in [3.8, 4) is 0 Å². The van der Waals surface area contributed by atoms with Gasteiger partial charge in [0.25, 0.3) is 8.32 Å². The number of benzene rings is 2. The number of rotatable bonds is 20. The third-order valence-electron chi connectivity index (χ3n) is 20.5. The topological polar surface area (TPSA) is 83.1 Å². The molecule has 0 spiro atoms. The summed E-state index contributed by atoms with van der Waals surface area (Å²) in [6.07, 6.45) is 8.77. The standard InChI is InChI=1S/C66H114O9Si4/c1-25-51-53(41-42-65(17,75-78(23,24)62(10,11)12)56(69-51)40-34-43-67-76(19,20)60(4,5)6)70-58-46-54-59(73-64(58,16)26-2)55(74-77(21,22)61(7,8)9)47-66(18)57(71-54)45-48(3)52(72-66)39-33-44-68-79(63(13,14)15,49-35-29-27-30-36-49)50-37-31-28-32-38-50/h25-32,35-38,48,51-59H,1-2,33-34,39-47H2,3-24H3/t48-,51-,52-,53+,54+,55-,56+,57-,58-,59+,64+,65-,66+/m0/s1. The van der Waals surface area contributed by atoms with Crippen LogP contribution in [-0.2, 0) is 41.4 Å². The third kappa shape index (κ3) is 14.7. The van der Waals surface area contributed by atoms with Crippen LogP contribution >= 0.6 is 0 Å². The van der Waals surface area contributed by atoms with E-state index in [-0.39, 0.29) is 81.0 Å². The third-order valence-corrected chi connectivity index (χ3v) is 39.2. The van der Waals surface area contributed by atoms with E-state index < -0.39 is 50.1 Å². The molecule has 0 amide bonds. The maximum atomic E-state index is 7.58. The first-order valence-corrected chi connectivity index (χ1v) is 41.3. The highest BCUT2D eigenvalue weighted by Crippen LogP contribution is 2.51. The van der Waals surface area contributed by atoms with Gasteiger partial charge in [-0.25, -0.2) is 0 Å². The molecule has 448 valence electrons. The number of hydrogen-bond donors (Lipinski definition) is 0. The molecule has 6 rings (SSSR count). The minimum absolute atomic E-state index is 0.0226. The fraction of sp³-hybridized carbons (Fsp3) is 0.758. The normalized spacial score (nSPS) is 32.8. The largest absolute Gasteiger partial charge is 0.417 e. The van der Waals surface area contributed by atoms with Gasteiger partial charge in [-0.15, -0.1) is 13.2 Å². The van der Waals surface area contributed by atoms with E-state index in [4.69, 9.17) is 41.4 Å². The highest BCUT2D eigenvalue weighted by Gasteiger charge is 2.60. The molecule has 0 N–H and O–H groups in total. The summed E-state index contributed by atoms with van der Waals surface area (Å²) in [6.45, 7) is 61.2. The van der Waals surface area contributed by atoms with Crippen LogP contribution in [0.5, 0.6) is 0 Å². The van der Waals surface area contributed by atoms with Crippen LogP contribution in [0.2, 0.25) is 59.4 Å². The number of ether oxygens (including phenoxy) is 5. The predicted molar refractivity (Wildman–Crippen MR) is 339 cm³/mol. The van der Waals surface area contributed by atoms with Crippen molar-refractivity contribution >= 4 is 43.6 Å². The van der Waals surface area contributed by atoms with Crippen LogP contribution in [0.1, 0.15) is 169 Å². The lowest BCUT2D eigenvalue weighted by Gasteiger charge is -2.50. The van der Waals surface area contributed by atoms with Gasteiger partial charge in [0.2, 0.25) is 0 Å². The molecule has 0 bridgehead atoms. The van der Waals surface area contributed by atoms with E-state index in [1.165, 1.54) is 10.4 Å². The van der Waals surface area contributed by atoms with Crippen LogP contribution in [0.4, 0.5) is 0 Å². The highest BCUT2D eigenvalue weighted by atomic mass is 28.4. The Morgan fingerprint density at radius 1 is 0.646 bits per heavy atom. The summed E-state index contributed by atoms with van der Waals surface area (Å²) < 4.78 is 66.5. The van der Waals surface area contributed by atoms with E-state index >= 15 is 0 Å². The first kappa shape index (κ1) is 66.6. The van der Waals surface area contributed by atoms with Crippen LogP contribution in [0.3, 0.4) is 0 Å². The van der Waals surface area contributed by atoms with Gasteiger partial charge in [-0.3, -0.25) is 0 Å². The molecule has 9 nitrogen and oxygen atoms in total. The van der Waals surface area contributed by atoms with E-state index in [1.54, 1.807) is 0 Å². The first-order chi connectivity index (χ1) is 36.3. The van der Waals surface area contributed by atoms with Crippen LogP contribution in [0, 0.1) is 5.92 Å². The molecule has 4 aliphatic heterocycles. The second kappa shape index (κ2) is 24.8. The summed E-state index contributed by atoms with van der Waals surface area (Å²) >= 11 is 0. The molecule has 4 fully saturated rings. The molecule has 0 aromatic heterocycles. The molecular formula is C66H114O9Si4. The summed E-state index contributed by atoms with van der Waals surface area (Å²) in [7, 11) is -9.17. The molecule has 0 saturated carbocycles. The van der Waals surface area contributed by atoms with Crippen molar-refractivity contribution in [3.05, 3.63) is 86.0 Å². The smallest absolute Gasteiger partial charge is 0.261 e. The molecule has 79 heavy (non-hydrogen) atoms. The summed E-state index contributed by atoms with van der Waals surface area (Å²) in [5, 5.41) is 2.67. The van der Waals surface area contributed by atoms with E-state index in [0.29, 0.717) is 26.1 Å². The van der Waals surface area contributed by atoms with Crippen LogP contribution in [-0.4, -0.2) is 118 Å². The lowest BCUT2D eigenvalue weighted by molar-refractivity contribution is -0.266. The molecule has 4 saturated heterocycles. The van der Waals surface area contributed by atoms with Crippen LogP contribution in [0.25, 0.3) is 0 Å². The highest BCUT2D eigenvalue weighted by molar-refractivity contribution is 6.99. The second-order valence-electron chi connectivity index (χ2n) is 30.8. The molecule has 4 aliphatic rings. The van der Waals surface area contributed by atoms with Crippen molar-refractivity contribution in [1.29, 1.82) is 0 Å². The van der Waals surface area contributed by atoms with E-state index in [2.05, 4.69) is 224 Å². The molecule has 4 heterocycles. The van der Waals surface area contributed by atoms with Gasteiger partial charge in [-0.05, 0) is 141 Å². The van der Waals surface area contributed by atoms with Gasteiger partial charge < -0.3 is 41.4 Å². The van der Waals surface area contributed by atoms with Gasteiger partial charge in [0.05, 0.1) is 53.9 Å². The van der Waals surface area contributed by atoms with Gasteiger partial charge in [0.15, 0.2) is 25.0 Å². The monoisotopic (exact) mass is 1160 g/mol. The zero-order valence-electron chi connectivity index (χ0n) is 54.1. The SMILES string of the molecule is C=C[C@@H]1O[C@H](CCCO[Si](C)(C)C(C)(C)C)[C@@](C)(O[Si](C)(C)C(C)(C)C)CC[C@H]1O[C@H]1C[C@H]2O[C@H]3C[C@H](C)[C@H](CCCO[Si](c4ccccc4)(c4ccccc4)C(C)(C)C)O[C@]3(C)C[C@H](O[Si](C)(C)C(C)(C)C)[C@@H]2O[C@]1(C)C=C. The lowest BCUT2D eigenvalue weighted by Crippen LogP contribution is -2.66. The van der Waals surface area contributed by atoms with E-state index in [1.807, 2.05) is 12.2 Å². The van der Waals surface area contributed by atoms with E-state index in [0.717, 1.165) is 44.9 Å². The minimum atomic E-state index is -2.68. The Bertz CT molecular complexity index is 2240. The second-order valence-corrected chi connectivity index (χ2v) is 49.4. The zero-order chi connectivity index (χ0) is 59.1. The molecule has 13 atom stereocenters. The Hall–Kier alpha value is -1.57. The molecule has 13 heteroatoms. The average Bonchev–Trinajstić information content (AvgIpc) is 3.55. The minimum Gasteiger partial charge on any atom is -0.417 e. The van der Waals surface area contributed by atoms with Crippen molar-refractivity contribution in [2.45, 2.75) is 300 Å². The molecular weight excluding hydrogens is 1050 g/mol. The molecule has 2 aromatic rings. The summed E-state index contributed by atoms with van der Waals surface area (Å²) in [6, 6.07) is 21.9. The Morgan fingerprint density at radius 3 is 1.71 bits per heavy atom. The van der Waals surface area contributed by atoms with Gasteiger partial charge in [-0.1, -0.05) is 163 Å². The van der Waals surface area contributed by atoms with Crippen molar-refractivity contribution in [3.63, 3.8) is 0 Å². The zero-order valence-corrected chi connectivity index (χ0v) is 58.1. The Labute approximate surface area is 487 Å². The van der Waals surface area contributed by atoms with Crippen molar-refractivity contribution in [2.75, 3.05) is 13.2 Å². The Kier molecular flexibility index (Phi) is 20.9.